The number of nitrogen functional groups attached to an aromatic ring is 1. The number of nitro benzene ring substituents is 2. The summed E-state index contributed by atoms with van der Waals surface area (Å²) in [5.41, 5.74) is 7.16. The predicted molar refractivity (Wildman–Crippen MR) is 109 cm³/mol. The third-order valence-corrected chi connectivity index (χ3v) is 5.57. The largest absolute Gasteiger partial charge is 0.391 e. The van der Waals surface area contributed by atoms with E-state index in [9.17, 15) is 33.8 Å². The van der Waals surface area contributed by atoms with Gasteiger partial charge in [0.25, 0.3) is 11.4 Å². The number of carbonyl (C=O) groups is 1. The second kappa shape index (κ2) is 8.75. The van der Waals surface area contributed by atoms with Crippen molar-refractivity contribution in [2.75, 3.05) is 5.73 Å². The van der Waals surface area contributed by atoms with E-state index in [-0.39, 0.29) is 34.8 Å². The van der Waals surface area contributed by atoms with Crippen LogP contribution < -0.4 is 5.73 Å². The van der Waals surface area contributed by atoms with Gasteiger partial charge in [-0.05, 0) is 68.7 Å². The number of Topliss-reactive ketones (excluding diaryl/α,β-unsaturated/α-hetero) is 1. The van der Waals surface area contributed by atoms with Crippen LogP contribution in [0.25, 0.3) is 0 Å². The molecule has 0 atom stereocenters. The van der Waals surface area contributed by atoms with E-state index in [2.05, 4.69) is 0 Å². The minimum atomic E-state index is -0.683. The molecule has 8 nitrogen and oxygen atoms in total. The molecule has 0 spiro atoms. The van der Waals surface area contributed by atoms with Crippen LogP contribution in [-0.2, 0) is 36.9 Å². The molecule has 0 saturated carbocycles. The zero-order chi connectivity index (χ0) is 22.9. The Labute approximate surface area is 176 Å². The van der Waals surface area contributed by atoms with E-state index < -0.39 is 21.5 Å². The lowest BCUT2D eigenvalue weighted by atomic mass is 9.99. The molecule has 0 bridgehead atoms. The molecule has 0 heterocycles. The Bertz CT molecular complexity index is 1100. The van der Waals surface area contributed by atoms with E-state index in [4.69, 9.17) is 5.73 Å². The molecule has 0 radical (unpaired) electrons. The number of benzene rings is 2. The average molecular weight is 433 g/mol. The molecule has 0 unspecified atom stereocenters. The maximum absolute atomic E-state index is 13.8. The maximum Gasteiger partial charge on any atom is 0.298 e. The standard InChI is InChI=1S/C12H12FNO3.C9H9FN2O2/c1-7(15)5-10-11(13)6-8-3-2-4-9(8)12(10)14(16)17;10-7-4-5-2-1-3-6(5)9(8(7)11)12(13)14/h6H,2-5H2,1H3;4H,1-3,11H2. The van der Waals surface area contributed by atoms with Gasteiger partial charge in [0, 0.05) is 17.5 Å². The van der Waals surface area contributed by atoms with Crippen molar-refractivity contribution in [1.82, 2.24) is 0 Å². The van der Waals surface area contributed by atoms with E-state index in [0.717, 1.165) is 18.4 Å². The molecule has 164 valence electrons. The summed E-state index contributed by atoms with van der Waals surface area (Å²) in [6.45, 7) is 1.30. The highest BCUT2D eigenvalue weighted by Crippen LogP contribution is 2.37. The summed E-state index contributed by atoms with van der Waals surface area (Å²) in [5, 5.41) is 21.7. The first-order chi connectivity index (χ1) is 14.6. The van der Waals surface area contributed by atoms with Crippen molar-refractivity contribution in [2.24, 2.45) is 0 Å². The van der Waals surface area contributed by atoms with Crippen LogP contribution in [0.4, 0.5) is 25.8 Å². The second-order valence-electron chi connectivity index (χ2n) is 7.68. The number of hydrogen-bond acceptors (Lipinski definition) is 6. The van der Waals surface area contributed by atoms with Gasteiger partial charge in [-0.2, -0.15) is 0 Å². The van der Waals surface area contributed by atoms with Gasteiger partial charge < -0.3 is 5.73 Å². The van der Waals surface area contributed by atoms with E-state index in [1.807, 2.05) is 0 Å². The van der Waals surface area contributed by atoms with Gasteiger partial charge in [-0.15, -0.1) is 0 Å². The minimum absolute atomic E-state index is 0.0665. The van der Waals surface area contributed by atoms with Crippen LogP contribution in [0, 0.1) is 31.9 Å². The van der Waals surface area contributed by atoms with Gasteiger partial charge in [0.2, 0.25) is 0 Å². The Morgan fingerprint density at radius 3 is 1.90 bits per heavy atom. The lowest BCUT2D eigenvalue weighted by molar-refractivity contribution is -0.386. The van der Waals surface area contributed by atoms with Crippen LogP contribution in [-0.4, -0.2) is 15.6 Å². The third kappa shape index (κ3) is 4.37. The first-order valence-electron chi connectivity index (χ1n) is 9.82. The molecule has 2 aromatic carbocycles. The number of hydrogen-bond donors (Lipinski definition) is 1. The highest BCUT2D eigenvalue weighted by molar-refractivity contribution is 5.80. The number of ketones is 1. The van der Waals surface area contributed by atoms with Gasteiger partial charge in [-0.3, -0.25) is 25.0 Å². The van der Waals surface area contributed by atoms with Gasteiger partial charge in [0.1, 0.15) is 17.3 Å². The number of carbonyl (C=O) groups excluding carboxylic acids is 1. The van der Waals surface area contributed by atoms with Crippen molar-refractivity contribution >= 4 is 22.8 Å². The van der Waals surface area contributed by atoms with Crippen LogP contribution >= 0.6 is 0 Å². The molecule has 4 rings (SSSR count). The number of nitro groups is 2. The number of nitrogens with zero attached hydrogens (tertiary/aromatic N) is 2. The van der Waals surface area contributed by atoms with Crippen LogP contribution in [0.5, 0.6) is 0 Å². The van der Waals surface area contributed by atoms with Crippen molar-refractivity contribution in [1.29, 1.82) is 0 Å². The van der Waals surface area contributed by atoms with Gasteiger partial charge in [-0.1, -0.05) is 0 Å². The Balaban J connectivity index is 0.000000179. The number of nitrogens with two attached hydrogens (primary N) is 1. The Hall–Kier alpha value is -3.43. The molecule has 0 amide bonds. The molecule has 0 fully saturated rings. The lowest BCUT2D eigenvalue weighted by Gasteiger charge is -2.07. The van der Waals surface area contributed by atoms with E-state index in [1.165, 1.54) is 19.1 Å². The number of fused-ring (bicyclic) bond motifs is 2. The molecule has 2 N–H and O–H groups in total. The van der Waals surface area contributed by atoms with E-state index >= 15 is 0 Å². The summed E-state index contributed by atoms with van der Waals surface area (Å²) >= 11 is 0. The molecular weight excluding hydrogens is 412 g/mol. The fourth-order valence-electron chi connectivity index (χ4n) is 4.28. The first kappa shape index (κ1) is 22.3. The predicted octanol–water partition coefficient (Wildman–Crippen LogP) is 4.16. The Morgan fingerprint density at radius 2 is 1.42 bits per heavy atom. The van der Waals surface area contributed by atoms with Crippen molar-refractivity contribution in [3.05, 3.63) is 71.8 Å². The molecule has 0 saturated heterocycles. The first-order valence-corrected chi connectivity index (χ1v) is 9.82. The van der Waals surface area contributed by atoms with Crippen molar-refractivity contribution in [3.8, 4) is 0 Å². The molecular formula is C21H21F2N3O5. The number of halogens is 2. The van der Waals surface area contributed by atoms with Crippen LogP contribution in [0.2, 0.25) is 0 Å². The van der Waals surface area contributed by atoms with Crippen molar-refractivity contribution in [2.45, 2.75) is 51.9 Å². The van der Waals surface area contributed by atoms with Gasteiger partial charge in [0.15, 0.2) is 5.82 Å². The molecule has 0 aliphatic heterocycles. The fourth-order valence-corrected chi connectivity index (χ4v) is 4.28. The van der Waals surface area contributed by atoms with E-state index in [0.29, 0.717) is 42.4 Å². The maximum atomic E-state index is 13.8. The number of anilines is 1. The summed E-state index contributed by atoms with van der Waals surface area (Å²) in [7, 11) is 0. The topological polar surface area (TPSA) is 129 Å². The molecule has 31 heavy (non-hydrogen) atoms. The molecule has 0 aromatic heterocycles. The molecule has 2 aliphatic carbocycles. The quantitative estimate of drug-likeness (QED) is 0.438. The minimum Gasteiger partial charge on any atom is -0.391 e. The summed E-state index contributed by atoms with van der Waals surface area (Å²) < 4.78 is 26.9. The SMILES string of the molecule is CC(=O)Cc1c(F)cc2c(c1[N+](=O)[O-])CCC2.Nc1c(F)cc2c(c1[N+](=O)[O-])CCC2. The van der Waals surface area contributed by atoms with E-state index in [1.54, 1.807) is 0 Å². The second-order valence-corrected chi connectivity index (χ2v) is 7.68. The highest BCUT2D eigenvalue weighted by atomic mass is 19.1. The zero-order valence-electron chi connectivity index (χ0n) is 16.9. The smallest absolute Gasteiger partial charge is 0.298 e. The van der Waals surface area contributed by atoms with Gasteiger partial charge in [-0.25, -0.2) is 8.78 Å². The van der Waals surface area contributed by atoms with Crippen molar-refractivity contribution < 1.29 is 23.4 Å². The summed E-state index contributed by atoms with van der Waals surface area (Å²) in [4.78, 5) is 31.6. The summed E-state index contributed by atoms with van der Waals surface area (Å²) in [6, 6.07) is 2.65. The number of rotatable bonds is 4. The molecule has 10 heteroatoms. The monoisotopic (exact) mass is 433 g/mol. The lowest BCUT2D eigenvalue weighted by Crippen LogP contribution is -2.07. The third-order valence-electron chi connectivity index (χ3n) is 5.57. The Morgan fingerprint density at radius 1 is 0.935 bits per heavy atom. The van der Waals surface area contributed by atoms with Gasteiger partial charge >= 0.3 is 0 Å². The summed E-state index contributed by atoms with van der Waals surface area (Å²) in [6.07, 6.45) is 4.02. The normalized spacial score (nSPS) is 13.8. The fraction of sp³-hybridized carbons (Fsp3) is 0.381. The average Bonchev–Trinajstić information content (AvgIpc) is 3.31. The van der Waals surface area contributed by atoms with Crippen LogP contribution in [0.3, 0.4) is 0 Å². The summed E-state index contributed by atoms with van der Waals surface area (Å²) in [5.74, 6) is -1.59. The highest BCUT2D eigenvalue weighted by Gasteiger charge is 2.30. The van der Waals surface area contributed by atoms with Gasteiger partial charge in [0.05, 0.1) is 15.4 Å². The molecule has 2 aliphatic rings. The van der Waals surface area contributed by atoms with Crippen LogP contribution in [0.1, 0.15) is 47.6 Å². The Kier molecular flexibility index (Phi) is 6.28. The zero-order valence-corrected chi connectivity index (χ0v) is 16.9. The molecule has 2 aromatic rings. The van der Waals surface area contributed by atoms with Crippen LogP contribution in [0.15, 0.2) is 12.1 Å². The number of aryl methyl sites for hydroxylation is 2. The van der Waals surface area contributed by atoms with Crippen molar-refractivity contribution in [3.63, 3.8) is 0 Å².